The lowest BCUT2D eigenvalue weighted by atomic mass is 10.2. The highest BCUT2D eigenvalue weighted by molar-refractivity contribution is 7.40. The van der Waals surface area contributed by atoms with Crippen molar-refractivity contribution >= 4 is 37.6 Å². The summed E-state index contributed by atoms with van der Waals surface area (Å²) >= 11 is 0. The first kappa shape index (κ1) is 13.8. The minimum absolute atomic E-state index is 0.107. The fourth-order valence-corrected chi connectivity index (χ4v) is 3.26. The second-order valence-electron chi connectivity index (χ2n) is 4.68. The predicted molar refractivity (Wildman–Crippen MR) is 86.4 cm³/mol. The van der Waals surface area contributed by atoms with E-state index >= 15 is 0 Å². The fraction of sp³-hybridized carbons (Fsp3) is 0.125. The van der Waals surface area contributed by atoms with E-state index in [1.165, 1.54) is 0 Å². The Kier molecular flexibility index (Phi) is 3.72. The van der Waals surface area contributed by atoms with E-state index in [1.54, 1.807) is 9.57 Å². The Bertz CT molecular complexity index is 688. The van der Waals surface area contributed by atoms with Gasteiger partial charge in [0.1, 0.15) is 6.42 Å². The summed E-state index contributed by atoms with van der Waals surface area (Å²) in [4.78, 5) is 26.4. The molecule has 4 nitrogen and oxygen atoms in total. The van der Waals surface area contributed by atoms with Crippen LogP contribution in [-0.2, 0) is 9.59 Å². The van der Waals surface area contributed by atoms with E-state index in [2.05, 4.69) is 0 Å². The minimum Gasteiger partial charge on any atom is -0.292 e. The number of hydrogen-bond acceptors (Lipinski definition) is 2. The van der Waals surface area contributed by atoms with Crippen LogP contribution in [0.1, 0.15) is 6.42 Å². The molecule has 2 amide bonds. The van der Waals surface area contributed by atoms with Crippen LogP contribution < -0.4 is 9.57 Å². The molecule has 106 valence electrons. The van der Waals surface area contributed by atoms with E-state index in [-0.39, 0.29) is 18.2 Å². The molecule has 0 radical (unpaired) electrons. The number of anilines is 3. The lowest BCUT2D eigenvalue weighted by molar-refractivity contribution is -0.125. The van der Waals surface area contributed by atoms with Crippen LogP contribution in [0.25, 0.3) is 0 Å². The average molecular weight is 298 g/mol. The van der Waals surface area contributed by atoms with Crippen LogP contribution in [0.15, 0.2) is 54.6 Å². The molecule has 0 N–H and O–H groups in total. The van der Waals surface area contributed by atoms with Gasteiger partial charge in [-0.3, -0.25) is 19.2 Å². The molecule has 1 aliphatic rings. The Hall–Kier alpha value is -2.19. The normalized spacial score (nSPS) is 15.5. The molecule has 21 heavy (non-hydrogen) atoms. The van der Waals surface area contributed by atoms with Gasteiger partial charge in [-0.2, -0.15) is 0 Å². The van der Waals surface area contributed by atoms with Gasteiger partial charge in [0, 0.05) is 5.69 Å². The maximum Gasteiger partial charge on any atom is 0.241 e. The molecule has 0 bridgehead atoms. The first-order valence-electron chi connectivity index (χ1n) is 6.70. The molecule has 1 aliphatic heterocycles. The topological polar surface area (TPSA) is 40.6 Å². The van der Waals surface area contributed by atoms with Crippen molar-refractivity contribution in [2.24, 2.45) is 0 Å². The van der Waals surface area contributed by atoms with Crippen LogP contribution in [0.5, 0.6) is 0 Å². The minimum atomic E-state index is -0.195. The van der Waals surface area contributed by atoms with Gasteiger partial charge in [-0.25, -0.2) is 0 Å². The van der Waals surface area contributed by atoms with Gasteiger partial charge < -0.3 is 0 Å². The summed E-state index contributed by atoms with van der Waals surface area (Å²) in [5.74, 6) is -0.342. The molecule has 5 heteroatoms. The Morgan fingerprint density at radius 3 is 2.14 bits per heavy atom. The van der Waals surface area contributed by atoms with Crippen molar-refractivity contribution in [3.8, 4) is 0 Å². The molecule has 3 rings (SSSR count). The number of carbonyl (C=O) groups is 2. The zero-order valence-corrected chi connectivity index (χ0v) is 12.6. The molecule has 1 unspecified atom stereocenters. The Morgan fingerprint density at radius 2 is 1.48 bits per heavy atom. The number of benzene rings is 2. The van der Waals surface area contributed by atoms with Gasteiger partial charge >= 0.3 is 0 Å². The van der Waals surface area contributed by atoms with Crippen molar-refractivity contribution in [2.75, 3.05) is 16.2 Å². The van der Waals surface area contributed by atoms with Crippen molar-refractivity contribution in [3.63, 3.8) is 0 Å². The zero-order valence-electron chi connectivity index (χ0n) is 11.6. The molecule has 2 aromatic carbocycles. The molecule has 0 aromatic heterocycles. The molecule has 0 fully saturated rings. The third-order valence-electron chi connectivity index (χ3n) is 3.40. The number of hydrogen-bond donors (Lipinski definition) is 0. The number of nitrogens with zero attached hydrogens (tertiary/aromatic N) is 2. The standard InChI is InChI=1S/C16H15N2O2P/c1-21-18-14-10-6-5-9-13(14)17(15(19)11-16(18)20)12-7-3-2-4-8-12/h2-10,21H,11H2,1H3. The lowest BCUT2D eigenvalue weighted by Crippen LogP contribution is -2.27. The summed E-state index contributed by atoms with van der Waals surface area (Å²) in [6, 6.07) is 17.0. The monoisotopic (exact) mass is 298 g/mol. The molecular formula is C16H15N2O2P. The maximum atomic E-state index is 12.5. The second kappa shape index (κ2) is 5.66. The Morgan fingerprint density at radius 1 is 0.857 bits per heavy atom. The van der Waals surface area contributed by atoms with Crippen LogP contribution in [0.2, 0.25) is 0 Å². The van der Waals surface area contributed by atoms with E-state index < -0.39 is 0 Å². The van der Waals surface area contributed by atoms with E-state index in [0.29, 0.717) is 8.73 Å². The summed E-state index contributed by atoms with van der Waals surface area (Å²) in [5.41, 5.74) is 2.33. The van der Waals surface area contributed by atoms with Crippen LogP contribution in [-0.4, -0.2) is 18.5 Å². The largest absolute Gasteiger partial charge is 0.292 e. The van der Waals surface area contributed by atoms with Crippen molar-refractivity contribution < 1.29 is 9.59 Å². The number of carbonyl (C=O) groups excluding carboxylic acids is 2. The Balaban J connectivity index is 2.20. The SMILES string of the molecule is CPN1C(=O)CC(=O)N(c2ccccc2)c2ccccc21. The van der Waals surface area contributed by atoms with Crippen LogP contribution in [0.3, 0.4) is 0 Å². The molecule has 0 aliphatic carbocycles. The summed E-state index contributed by atoms with van der Waals surface area (Å²) in [7, 11) is 0.292. The average Bonchev–Trinajstić information content (AvgIpc) is 2.61. The highest BCUT2D eigenvalue weighted by Crippen LogP contribution is 2.40. The fourth-order valence-electron chi connectivity index (χ4n) is 2.50. The van der Waals surface area contributed by atoms with E-state index in [0.717, 1.165) is 17.1 Å². The Labute approximate surface area is 125 Å². The molecule has 0 saturated heterocycles. The van der Waals surface area contributed by atoms with Crippen molar-refractivity contribution in [1.29, 1.82) is 0 Å². The molecular weight excluding hydrogens is 283 g/mol. The van der Waals surface area contributed by atoms with Gasteiger partial charge in [0.05, 0.1) is 11.4 Å². The predicted octanol–water partition coefficient (Wildman–Crippen LogP) is 3.31. The van der Waals surface area contributed by atoms with Gasteiger partial charge in [-0.15, -0.1) is 0 Å². The first-order valence-corrected chi connectivity index (χ1v) is 8.14. The number of fused-ring (bicyclic) bond motifs is 1. The molecule has 1 heterocycles. The smallest absolute Gasteiger partial charge is 0.241 e. The highest BCUT2D eigenvalue weighted by atomic mass is 31.1. The third kappa shape index (κ3) is 2.43. The van der Waals surface area contributed by atoms with Crippen LogP contribution in [0.4, 0.5) is 17.1 Å². The van der Waals surface area contributed by atoms with E-state index in [4.69, 9.17) is 0 Å². The zero-order chi connectivity index (χ0) is 14.8. The molecule has 0 spiro atoms. The van der Waals surface area contributed by atoms with Crippen molar-refractivity contribution in [2.45, 2.75) is 6.42 Å². The molecule has 2 aromatic rings. The van der Waals surface area contributed by atoms with Gasteiger partial charge in [0.15, 0.2) is 0 Å². The summed E-state index contributed by atoms with van der Waals surface area (Å²) in [6.07, 6.45) is -0.107. The maximum absolute atomic E-state index is 12.5. The van der Waals surface area contributed by atoms with Gasteiger partial charge in [0.25, 0.3) is 0 Å². The lowest BCUT2D eigenvalue weighted by Gasteiger charge is -2.24. The first-order chi connectivity index (χ1) is 10.2. The number of rotatable bonds is 2. The van der Waals surface area contributed by atoms with Crippen LogP contribution >= 0.6 is 8.73 Å². The number of para-hydroxylation sites is 3. The number of amides is 2. The summed E-state index contributed by atoms with van der Waals surface area (Å²) in [5, 5.41) is 0. The van der Waals surface area contributed by atoms with E-state index in [1.807, 2.05) is 61.3 Å². The van der Waals surface area contributed by atoms with Gasteiger partial charge in [-0.1, -0.05) is 30.3 Å². The van der Waals surface area contributed by atoms with Crippen LogP contribution in [0, 0.1) is 0 Å². The second-order valence-corrected chi connectivity index (χ2v) is 5.58. The van der Waals surface area contributed by atoms with Gasteiger partial charge in [-0.05, 0) is 39.7 Å². The van der Waals surface area contributed by atoms with E-state index in [9.17, 15) is 9.59 Å². The molecule has 1 atom stereocenters. The van der Waals surface area contributed by atoms with Crippen molar-refractivity contribution in [1.82, 2.24) is 0 Å². The van der Waals surface area contributed by atoms with Crippen molar-refractivity contribution in [3.05, 3.63) is 54.6 Å². The summed E-state index contributed by atoms with van der Waals surface area (Å²) < 4.78 is 1.69. The summed E-state index contributed by atoms with van der Waals surface area (Å²) in [6.45, 7) is 1.94. The quantitative estimate of drug-likeness (QED) is 0.630. The highest BCUT2D eigenvalue weighted by Gasteiger charge is 2.31. The van der Waals surface area contributed by atoms with Gasteiger partial charge in [0.2, 0.25) is 11.8 Å². The molecule has 0 saturated carbocycles. The third-order valence-corrected chi connectivity index (χ3v) is 4.34.